The van der Waals surface area contributed by atoms with Crippen molar-refractivity contribution in [1.29, 1.82) is 0 Å². The molecular formula is C21H33N3O5S. The third-order valence-corrected chi connectivity index (χ3v) is 8.51. The molecule has 2 fully saturated rings. The van der Waals surface area contributed by atoms with Gasteiger partial charge >= 0.3 is 0 Å². The maximum absolute atomic E-state index is 13.3. The molecule has 0 unspecified atom stereocenters. The summed E-state index contributed by atoms with van der Waals surface area (Å²) < 4.78 is 38.7. The van der Waals surface area contributed by atoms with E-state index in [1.165, 1.54) is 20.3 Å². The lowest BCUT2D eigenvalue weighted by atomic mass is 9.95. The van der Waals surface area contributed by atoms with Gasteiger partial charge in [-0.15, -0.1) is 0 Å². The summed E-state index contributed by atoms with van der Waals surface area (Å²) in [7, 11) is 1.30. The number of nitrogens with two attached hydrogens (primary N) is 1. The van der Waals surface area contributed by atoms with Crippen molar-refractivity contribution in [2.75, 3.05) is 34.4 Å². The van der Waals surface area contributed by atoms with Crippen LogP contribution in [0.3, 0.4) is 0 Å². The number of likely N-dealkylation sites (N-methyl/N-ethyl adjacent to an activating group) is 1. The lowest BCUT2D eigenvalue weighted by Gasteiger charge is -2.34. The van der Waals surface area contributed by atoms with Crippen LogP contribution in [0, 0.1) is 11.8 Å². The van der Waals surface area contributed by atoms with Crippen LogP contribution in [0.25, 0.3) is 0 Å². The molecule has 168 valence electrons. The monoisotopic (exact) mass is 439 g/mol. The third kappa shape index (κ3) is 4.15. The topological polar surface area (TPSA) is 102 Å². The van der Waals surface area contributed by atoms with Gasteiger partial charge in [-0.1, -0.05) is 13.3 Å². The van der Waals surface area contributed by atoms with Crippen molar-refractivity contribution in [3.05, 3.63) is 18.2 Å². The summed E-state index contributed by atoms with van der Waals surface area (Å²) in [5, 5.41) is 0. The second kappa shape index (κ2) is 9.11. The average Bonchev–Trinajstić information content (AvgIpc) is 3.32. The van der Waals surface area contributed by atoms with Gasteiger partial charge < -0.3 is 15.2 Å². The van der Waals surface area contributed by atoms with Crippen LogP contribution in [0.5, 0.6) is 11.5 Å². The second-order valence-corrected chi connectivity index (χ2v) is 10.2. The van der Waals surface area contributed by atoms with Gasteiger partial charge in [-0.05, 0) is 50.3 Å². The van der Waals surface area contributed by atoms with Crippen LogP contribution in [0.1, 0.15) is 32.6 Å². The number of carbonyl (C=O) groups excluding carboxylic acids is 1. The van der Waals surface area contributed by atoms with Crippen molar-refractivity contribution in [3.8, 4) is 11.5 Å². The lowest BCUT2D eigenvalue weighted by Crippen LogP contribution is -2.49. The molecule has 9 heteroatoms. The Morgan fingerprint density at radius 1 is 1.23 bits per heavy atom. The van der Waals surface area contributed by atoms with Crippen molar-refractivity contribution in [2.24, 2.45) is 17.6 Å². The summed E-state index contributed by atoms with van der Waals surface area (Å²) in [4.78, 5) is 14.2. The first kappa shape index (κ1) is 22.8. The lowest BCUT2D eigenvalue weighted by molar-refractivity contribution is -0.124. The number of nitrogens with zero attached hydrogens (tertiary/aromatic N) is 2. The fourth-order valence-corrected chi connectivity index (χ4v) is 6.63. The van der Waals surface area contributed by atoms with Crippen LogP contribution in [-0.4, -0.2) is 70.0 Å². The van der Waals surface area contributed by atoms with Gasteiger partial charge in [-0.25, -0.2) is 8.42 Å². The van der Waals surface area contributed by atoms with Crippen molar-refractivity contribution >= 4 is 15.9 Å². The van der Waals surface area contributed by atoms with E-state index in [9.17, 15) is 13.2 Å². The highest BCUT2D eigenvalue weighted by Crippen LogP contribution is 2.43. The fraction of sp³-hybridized carbons (Fsp3) is 0.667. The molecule has 1 aliphatic heterocycles. The summed E-state index contributed by atoms with van der Waals surface area (Å²) in [6.07, 6.45) is 3.50. The summed E-state index contributed by atoms with van der Waals surface area (Å²) in [6.45, 7) is 2.99. The Kier molecular flexibility index (Phi) is 6.94. The van der Waals surface area contributed by atoms with E-state index in [1.807, 2.05) is 14.0 Å². The van der Waals surface area contributed by atoms with Crippen LogP contribution in [0.4, 0.5) is 0 Å². The van der Waals surface area contributed by atoms with Crippen LogP contribution >= 0.6 is 0 Å². The first-order valence-electron chi connectivity index (χ1n) is 10.5. The Hall–Kier alpha value is -1.84. The molecule has 4 atom stereocenters. The third-order valence-electron chi connectivity index (χ3n) is 6.68. The summed E-state index contributed by atoms with van der Waals surface area (Å²) in [5.74, 6) is 1.06. The first-order valence-corrected chi connectivity index (χ1v) is 11.9. The van der Waals surface area contributed by atoms with E-state index in [0.29, 0.717) is 36.9 Å². The second-order valence-electron chi connectivity index (χ2n) is 8.28. The number of primary amides is 1. The van der Waals surface area contributed by atoms with Crippen LogP contribution < -0.4 is 15.2 Å². The molecule has 8 nitrogen and oxygen atoms in total. The van der Waals surface area contributed by atoms with Gasteiger partial charge in [0.1, 0.15) is 0 Å². The number of rotatable bonds is 9. The molecule has 2 aliphatic rings. The molecule has 30 heavy (non-hydrogen) atoms. The van der Waals surface area contributed by atoms with Crippen molar-refractivity contribution < 1.29 is 22.7 Å². The zero-order chi connectivity index (χ0) is 22.1. The minimum absolute atomic E-state index is 0.157. The summed E-state index contributed by atoms with van der Waals surface area (Å²) >= 11 is 0. The maximum Gasteiger partial charge on any atom is 0.243 e. The quantitative estimate of drug-likeness (QED) is 0.628. The molecule has 1 aromatic rings. The molecule has 1 saturated heterocycles. The van der Waals surface area contributed by atoms with Crippen molar-refractivity contribution in [1.82, 2.24) is 9.21 Å². The van der Waals surface area contributed by atoms with E-state index in [-0.39, 0.29) is 28.8 Å². The molecule has 1 aromatic carbocycles. The SMILES string of the molecule is CCC[C@@H](C(N)=O)N(C)[C@H]1CC[C@@H]2CN(S(=O)(=O)c3ccc(OC)c(OC)c3)C[C@@H]21. The molecular weight excluding hydrogens is 406 g/mol. The molecule has 0 aromatic heterocycles. The molecule has 1 amide bonds. The minimum atomic E-state index is -3.65. The smallest absolute Gasteiger partial charge is 0.243 e. The number of hydrogen-bond acceptors (Lipinski definition) is 6. The normalized spacial score (nSPS) is 25.3. The van der Waals surface area contributed by atoms with Gasteiger partial charge in [0.05, 0.1) is 25.2 Å². The minimum Gasteiger partial charge on any atom is -0.493 e. The van der Waals surface area contributed by atoms with Crippen LogP contribution in [0.2, 0.25) is 0 Å². The van der Waals surface area contributed by atoms with Crippen molar-refractivity contribution in [3.63, 3.8) is 0 Å². The number of amides is 1. The predicted octanol–water partition coefficient (Wildman–Crippen LogP) is 1.69. The van der Waals surface area contributed by atoms with Crippen LogP contribution in [0.15, 0.2) is 23.1 Å². The molecule has 1 aliphatic carbocycles. The Morgan fingerprint density at radius 2 is 1.93 bits per heavy atom. The maximum atomic E-state index is 13.3. The Morgan fingerprint density at radius 3 is 2.53 bits per heavy atom. The molecule has 2 N–H and O–H groups in total. The molecule has 3 rings (SSSR count). The van der Waals surface area contributed by atoms with Gasteiger partial charge in [0.25, 0.3) is 0 Å². The summed E-state index contributed by atoms with van der Waals surface area (Å²) in [6, 6.07) is 4.52. The standard InChI is InChI=1S/C21H33N3O5S/c1-5-6-18(21(22)25)23(2)17-9-7-14-12-24(13-16(14)17)30(26,27)15-8-10-19(28-3)20(11-15)29-4/h8,10-11,14,16-18H,5-7,9,12-13H2,1-4H3,(H2,22,25)/t14-,16+,17+,18+/m1/s1. The predicted molar refractivity (Wildman–Crippen MR) is 114 cm³/mol. The zero-order valence-corrected chi connectivity index (χ0v) is 19.0. The fourth-order valence-electron chi connectivity index (χ4n) is 5.07. The number of carbonyl (C=O) groups is 1. The summed E-state index contributed by atoms with van der Waals surface area (Å²) in [5.41, 5.74) is 5.64. The van der Waals surface area contributed by atoms with E-state index >= 15 is 0 Å². The largest absolute Gasteiger partial charge is 0.493 e. The Labute approximate surface area is 179 Å². The number of hydrogen-bond donors (Lipinski definition) is 1. The van der Waals surface area contributed by atoms with E-state index in [4.69, 9.17) is 15.2 Å². The number of sulfonamides is 1. The zero-order valence-electron chi connectivity index (χ0n) is 18.2. The van der Waals surface area contributed by atoms with E-state index in [0.717, 1.165) is 19.3 Å². The Balaban J connectivity index is 1.79. The van der Waals surface area contributed by atoms with E-state index in [2.05, 4.69) is 4.90 Å². The Bertz CT molecular complexity index is 875. The number of fused-ring (bicyclic) bond motifs is 1. The molecule has 0 radical (unpaired) electrons. The highest BCUT2D eigenvalue weighted by Gasteiger charge is 2.48. The number of benzene rings is 1. The van der Waals surface area contributed by atoms with Gasteiger partial charge in [-0.3, -0.25) is 9.69 Å². The first-order chi connectivity index (χ1) is 14.2. The van der Waals surface area contributed by atoms with Gasteiger partial charge in [0.2, 0.25) is 15.9 Å². The van der Waals surface area contributed by atoms with Gasteiger partial charge in [0.15, 0.2) is 11.5 Å². The molecule has 1 heterocycles. The van der Waals surface area contributed by atoms with Crippen molar-refractivity contribution in [2.45, 2.75) is 49.6 Å². The van der Waals surface area contributed by atoms with E-state index < -0.39 is 10.0 Å². The number of ether oxygens (including phenoxy) is 2. The average molecular weight is 440 g/mol. The van der Waals surface area contributed by atoms with Gasteiger partial charge in [0, 0.05) is 25.2 Å². The highest BCUT2D eigenvalue weighted by molar-refractivity contribution is 7.89. The van der Waals surface area contributed by atoms with Crippen LogP contribution in [-0.2, 0) is 14.8 Å². The molecule has 0 bridgehead atoms. The molecule has 1 saturated carbocycles. The number of methoxy groups -OCH3 is 2. The molecule has 0 spiro atoms. The van der Waals surface area contributed by atoms with E-state index in [1.54, 1.807) is 16.4 Å². The van der Waals surface area contributed by atoms with Gasteiger partial charge in [-0.2, -0.15) is 4.31 Å². The highest BCUT2D eigenvalue weighted by atomic mass is 32.2.